The van der Waals surface area contributed by atoms with Gasteiger partial charge in [0.25, 0.3) is 0 Å². The van der Waals surface area contributed by atoms with Gasteiger partial charge in [0.15, 0.2) is 5.13 Å². The topological polar surface area (TPSA) is 66.8 Å². The number of hydrogen-bond donors (Lipinski definition) is 3. The minimum atomic E-state index is -0.213. The molecule has 0 radical (unpaired) electrons. The summed E-state index contributed by atoms with van der Waals surface area (Å²) in [6.45, 7) is 4.11. The van der Waals surface area contributed by atoms with Crippen LogP contribution in [0, 0.1) is 18.7 Å². The van der Waals surface area contributed by atoms with Gasteiger partial charge in [-0.15, -0.1) is 0 Å². The van der Waals surface area contributed by atoms with E-state index in [1.54, 1.807) is 28.2 Å². The summed E-state index contributed by atoms with van der Waals surface area (Å²) in [5, 5.41) is 9.06. The lowest BCUT2D eigenvalue weighted by molar-refractivity contribution is 0.493. The molecule has 2 aromatic carbocycles. The molecule has 0 bridgehead atoms. The van der Waals surface area contributed by atoms with Crippen LogP contribution in [0.1, 0.15) is 22.9 Å². The number of aryl methyl sites for hydroxylation is 1. The summed E-state index contributed by atoms with van der Waals surface area (Å²) in [4.78, 5) is 5.74. The van der Waals surface area contributed by atoms with Gasteiger partial charge in [0.1, 0.15) is 11.5 Å². The highest BCUT2D eigenvalue weighted by Gasteiger charge is 2.28. The summed E-state index contributed by atoms with van der Waals surface area (Å²) in [6, 6.07) is 19.5. The van der Waals surface area contributed by atoms with Gasteiger partial charge in [-0.3, -0.25) is 10.1 Å². The van der Waals surface area contributed by atoms with E-state index in [0.717, 1.165) is 34.5 Å². The molecular formula is C24H25FN6S. The monoisotopic (exact) mass is 448 g/mol. The van der Waals surface area contributed by atoms with E-state index >= 15 is 0 Å². The number of rotatable bonds is 7. The summed E-state index contributed by atoms with van der Waals surface area (Å²) < 4.78 is 15.7. The standard InChI is InChI=1S/C24H25FN6S/c1-16-23(21-11-12-31(30-21)15-18-9-5-6-10-20(18)25)32-24(28-16)26-13-19-14-27-29-22(19)17-7-3-2-4-8-17/h2-12,19,22,27,29H,13-15H2,1H3,(H,26,28). The fourth-order valence-electron chi connectivity index (χ4n) is 4.04. The lowest BCUT2D eigenvalue weighted by Crippen LogP contribution is -2.25. The molecule has 4 aromatic rings. The average Bonchev–Trinajstić information content (AvgIpc) is 3.54. The number of aromatic nitrogens is 3. The molecule has 1 aliphatic heterocycles. The molecular weight excluding hydrogens is 423 g/mol. The second kappa shape index (κ2) is 9.20. The minimum Gasteiger partial charge on any atom is -0.361 e. The second-order valence-corrected chi connectivity index (χ2v) is 8.98. The van der Waals surface area contributed by atoms with Crippen LogP contribution in [0.4, 0.5) is 9.52 Å². The molecule has 3 heterocycles. The van der Waals surface area contributed by atoms with E-state index in [4.69, 9.17) is 4.98 Å². The van der Waals surface area contributed by atoms with E-state index < -0.39 is 0 Å². The van der Waals surface area contributed by atoms with Crippen molar-refractivity contribution in [2.75, 3.05) is 18.4 Å². The fourth-order valence-corrected chi connectivity index (χ4v) is 4.98. The van der Waals surface area contributed by atoms with Crippen LogP contribution in [0.2, 0.25) is 0 Å². The molecule has 0 amide bonds. The van der Waals surface area contributed by atoms with E-state index in [1.807, 2.05) is 31.3 Å². The Labute approximate surface area is 190 Å². The van der Waals surface area contributed by atoms with E-state index in [1.165, 1.54) is 11.6 Å². The number of hydrazine groups is 1. The molecule has 2 aromatic heterocycles. The highest BCUT2D eigenvalue weighted by molar-refractivity contribution is 7.19. The Hall–Kier alpha value is -3.07. The van der Waals surface area contributed by atoms with Crippen LogP contribution in [0.25, 0.3) is 10.6 Å². The Bertz CT molecular complexity index is 1190. The first-order valence-corrected chi connectivity index (χ1v) is 11.5. The molecule has 5 rings (SSSR count). The number of hydrogen-bond acceptors (Lipinski definition) is 6. The van der Waals surface area contributed by atoms with Gasteiger partial charge in [0, 0.05) is 30.8 Å². The summed E-state index contributed by atoms with van der Waals surface area (Å²) >= 11 is 1.60. The molecule has 2 unspecified atom stereocenters. The Balaban J connectivity index is 1.26. The van der Waals surface area contributed by atoms with Crippen molar-refractivity contribution in [1.82, 2.24) is 25.6 Å². The number of nitrogens with one attached hydrogen (secondary N) is 3. The van der Waals surface area contributed by atoms with Crippen LogP contribution >= 0.6 is 11.3 Å². The third-order valence-corrected chi connectivity index (χ3v) is 6.87. The average molecular weight is 449 g/mol. The van der Waals surface area contributed by atoms with Gasteiger partial charge < -0.3 is 5.32 Å². The zero-order valence-electron chi connectivity index (χ0n) is 17.8. The van der Waals surface area contributed by atoms with Crippen molar-refractivity contribution in [3.05, 3.63) is 89.5 Å². The second-order valence-electron chi connectivity index (χ2n) is 7.98. The number of anilines is 1. The van der Waals surface area contributed by atoms with Crippen molar-refractivity contribution in [1.29, 1.82) is 0 Å². The molecule has 1 saturated heterocycles. The fraction of sp³-hybridized carbons (Fsp3) is 0.250. The molecule has 0 spiro atoms. The van der Waals surface area contributed by atoms with Crippen LogP contribution in [0.5, 0.6) is 0 Å². The van der Waals surface area contributed by atoms with Crippen molar-refractivity contribution >= 4 is 16.5 Å². The Kier molecular flexibility index (Phi) is 5.98. The first-order valence-electron chi connectivity index (χ1n) is 10.7. The summed E-state index contributed by atoms with van der Waals surface area (Å²) in [7, 11) is 0. The van der Waals surface area contributed by atoms with Gasteiger partial charge in [0.2, 0.25) is 0 Å². The van der Waals surface area contributed by atoms with Gasteiger partial charge in [-0.25, -0.2) is 14.8 Å². The molecule has 3 N–H and O–H groups in total. The van der Waals surface area contributed by atoms with E-state index in [2.05, 4.69) is 45.5 Å². The molecule has 0 aliphatic carbocycles. The molecule has 164 valence electrons. The first kappa shape index (κ1) is 20.8. The number of thiazole rings is 1. The van der Waals surface area contributed by atoms with Crippen molar-refractivity contribution in [2.24, 2.45) is 5.92 Å². The minimum absolute atomic E-state index is 0.213. The van der Waals surface area contributed by atoms with Gasteiger partial charge in [-0.2, -0.15) is 5.10 Å². The van der Waals surface area contributed by atoms with E-state index in [9.17, 15) is 4.39 Å². The van der Waals surface area contributed by atoms with Crippen molar-refractivity contribution in [3.8, 4) is 10.6 Å². The lowest BCUT2D eigenvalue weighted by Gasteiger charge is -2.18. The molecule has 2 atom stereocenters. The maximum absolute atomic E-state index is 14.0. The SMILES string of the molecule is Cc1nc(NCC2CNNC2c2ccccc2)sc1-c1ccn(Cc2ccccc2F)n1. The zero-order valence-corrected chi connectivity index (χ0v) is 18.6. The van der Waals surface area contributed by atoms with E-state index in [0.29, 0.717) is 18.0 Å². The summed E-state index contributed by atoms with van der Waals surface area (Å²) in [6.07, 6.45) is 1.88. The normalized spacial score (nSPS) is 18.2. The van der Waals surface area contributed by atoms with Crippen molar-refractivity contribution < 1.29 is 4.39 Å². The highest BCUT2D eigenvalue weighted by Crippen LogP contribution is 2.32. The van der Waals surface area contributed by atoms with Crippen molar-refractivity contribution in [2.45, 2.75) is 19.5 Å². The number of benzene rings is 2. The predicted molar refractivity (Wildman–Crippen MR) is 126 cm³/mol. The highest BCUT2D eigenvalue weighted by atomic mass is 32.1. The van der Waals surface area contributed by atoms with Gasteiger partial charge in [-0.1, -0.05) is 59.9 Å². The summed E-state index contributed by atoms with van der Waals surface area (Å²) in [5.74, 6) is 0.194. The van der Waals surface area contributed by atoms with Crippen LogP contribution in [0.3, 0.4) is 0 Å². The maximum Gasteiger partial charge on any atom is 0.183 e. The smallest absolute Gasteiger partial charge is 0.183 e. The van der Waals surface area contributed by atoms with Crippen LogP contribution < -0.4 is 16.2 Å². The van der Waals surface area contributed by atoms with E-state index in [-0.39, 0.29) is 11.9 Å². The first-order chi connectivity index (χ1) is 15.7. The largest absolute Gasteiger partial charge is 0.361 e. The molecule has 8 heteroatoms. The predicted octanol–water partition coefficient (Wildman–Crippen LogP) is 4.38. The van der Waals surface area contributed by atoms with Crippen LogP contribution in [0.15, 0.2) is 66.9 Å². The molecule has 1 fully saturated rings. The Morgan fingerprint density at radius 3 is 2.78 bits per heavy atom. The molecule has 0 saturated carbocycles. The maximum atomic E-state index is 14.0. The molecule has 6 nitrogen and oxygen atoms in total. The van der Waals surface area contributed by atoms with Crippen LogP contribution in [-0.4, -0.2) is 27.9 Å². The van der Waals surface area contributed by atoms with Gasteiger partial charge in [-0.05, 0) is 24.6 Å². The molecule has 1 aliphatic rings. The zero-order chi connectivity index (χ0) is 21.9. The third-order valence-electron chi connectivity index (χ3n) is 5.73. The number of halogens is 1. The molecule has 32 heavy (non-hydrogen) atoms. The van der Waals surface area contributed by atoms with Crippen molar-refractivity contribution in [3.63, 3.8) is 0 Å². The summed E-state index contributed by atoms with van der Waals surface area (Å²) in [5.41, 5.74) is 10.4. The van der Waals surface area contributed by atoms with Crippen LogP contribution in [-0.2, 0) is 6.54 Å². The Morgan fingerprint density at radius 1 is 1.12 bits per heavy atom. The third kappa shape index (κ3) is 4.43. The quantitative estimate of drug-likeness (QED) is 0.392. The number of nitrogens with zero attached hydrogens (tertiary/aromatic N) is 3. The Morgan fingerprint density at radius 2 is 1.94 bits per heavy atom. The van der Waals surface area contributed by atoms with Gasteiger partial charge >= 0.3 is 0 Å². The van der Waals surface area contributed by atoms with Gasteiger partial charge in [0.05, 0.1) is 23.2 Å². The lowest BCUT2D eigenvalue weighted by atomic mass is 9.95.